The molecule has 0 unspecified atom stereocenters. The lowest BCUT2D eigenvalue weighted by molar-refractivity contribution is -0.144. The molecule has 4 rings (SSSR count). The number of benzene rings is 1. The van der Waals surface area contributed by atoms with Crippen LogP contribution in [0.5, 0.6) is 0 Å². The molecule has 0 aliphatic rings. The van der Waals surface area contributed by atoms with Crippen LogP contribution in [0.1, 0.15) is 48.1 Å². The molecule has 0 aliphatic carbocycles. The first kappa shape index (κ1) is 20.2. The largest absolute Gasteiger partial charge is 0.453 e. The molecule has 0 saturated heterocycles. The van der Waals surface area contributed by atoms with Gasteiger partial charge in [-0.25, -0.2) is 9.67 Å². The van der Waals surface area contributed by atoms with Crippen LogP contribution in [0.15, 0.2) is 22.6 Å². The lowest BCUT2D eigenvalue weighted by Crippen LogP contribution is -2.08. The van der Waals surface area contributed by atoms with Crippen molar-refractivity contribution >= 4 is 5.71 Å². The van der Waals surface area contributed by atoms with Gasteiger partial charge in [0, 0.05) is 12.0 Å². The van der Waals surface area contributed by atoms with Gasteiger partial charge < -0.3 is 4.42 Å². The molecule has 158 valence electrons. The molecule has 1 aromatic carbocycles. The molecule has 0 fully saturated rings. The minimum Gasteiger partial charge on any atom is -0.439 e. The van der Waals surface area contributed by atoms with Gasteiger partial charge in [-0.15, -0.1) is 5.10 Å². The summed E-state index contributed by atoms with van der Waals surface area (Å²) in [6, 6.07) is 6.23. The Morgan fingerprint density at radius 2 is 1.77 bits per heavy atom. The molecule has 0 spiro atoms. The first-order valence-corrected chi connectivity index (χ1v) is 9.77. The van der Waals surface area contributed by atoms with Crippen LogP contribution in [0.3, 0.4) is 0 Å². The lowest BCUT2D eigenvalue weighted by atomic mass is 10.00. The summed E-state index contributed by atoms with van der Waals surface area (Å²) in [6.07, 6.45) is -3.09. The van der Waals surface area contributed by atoms with Crippen LogP contribution < -0.4 is 0 Å². The third kappa shape index (κ3) is 3.09. The van der Waals surface area contributed by atoms with Crippen molar-refractivity contribution in [2.45, 2.75) is 53.6 Å². The number of fused-ring (bicyclic) bond motifs is 1. The quantitative estimate of drug-likeness (QED) is 0.455. The zero-order chi connectivity index (χ0) is 21.8. The van der Waals surface area contributed by atoms with Gasteiger partial charge in [-0.3, -0.25) is 0 Å². The van der Waals surface area contributed by atoms with E-state index in [1.165, 1.54) is 12.5 Å². The van der Waals surface area contributed by atoms with Crippen molar-refractivity contribution in [3.05, 3.63) is 52.4 Å². The summed E-state index contributed by atoms with van der Waals surface area (Å²) < 4.78 is 48.2. The first-order valence-electron chi connectivity index (χ1n) is 9.77. The molecule has 4 aromatic rings. The predicted octanol–water partition coefficient (Wildman–Crippen LogP) is 5.24. The molecule has 3 heterocycles. The number of halogens is 3. The van der Waals surface area contributed by atoms with E-state index in [2.05, 4.69) is 34.2 Å². The Morgan fingerprint density at radius 1 is 1.03 bits per heavy atom. The number of aryl methyl sites for hydroxylation is 5. The van der Waals surface area contributed by atoms with Crippen LogP contribution in [-0.4, -0.2) is 24.4 Å². The smallest absolute Gasteiger partial charge is 0.439 e. The predicted molar refractivity (Wildman–Crippen MR) is 106 cm³/mol. The molecule has 0 N–H and O–H groups in total. The molecule has 0 amide bonds. The van der Waals surface area contributed by atoms with Gasteiger partial charge in [-0.05, 0) is 38.3 Å². The van der Waals surface area contributed by atoms with E-state index in [1.807, 2.05) is 19.9 Å². The Balaban J connectivity index is 1.97. The van der Waals surface area contributed by atoms with Gasteiger partial charge in [0.25, 0.3) is 5.82 Å². The summed E-state index contributed by atoms with van der Waals surface area (Å²) >= 11 is 0. The van der Waals surface area contributed by atoms with E-state index < -0.39 is 12.0 Å². The highest BCUT2D eigenvalue weighted by Gasteiger charge is 2.37. The lowest BCUT2D eigenvalue weighted by Gasteiger charge is -2.07. The average molecular weight is 417 g/mol. The van der Waals surface area contributed by atoms with E-state index >= 15 is 0 Å². The number of hydrogen-bond donors (Lipinski definition) is 0. The highest BCUT2D eigenvalue weighted by molar-refractivity contribution is 5.72. The Hall–Kier alpha value is -3.10. The van der Waals surface area contributed by atoms with Crippen molar-refractivity contribution in [2.75, 3.05) is 0 Å². The second-order valence-electron chi connectivity index (χ2n) is 7.27. The summed E-state index contributed by atoms with van der Waals surface area (Å²) in [6.45, 7) is 9.28. The van der Waals surface area contributed by atoms with Gasteiger partial charge in [0.05, 0.1) is 5.69 Å². The van der Waals surface area contributed by atoms with Crippen LogP contribution in [0, 0.1) is 20.8 Å². The number of aromatic nitrogens is 5. The minimum absolute atomic E-state index is 0.111. The van der Waals surface area contributed by atoms with Gasteiger partial charge in [-0.2, -0.15) is 22.8 Å². The van der Waals surface area contributed by atoms with E-state index in [0.717, 1.165) is 27.9 Å². The van der Waals surface area contributed by atoms with Gasteiger partial charge in [0.1, 0.15) is 17.3 Å². The Labute approximate surface area is 171 Å². The third-order valence-electron chi connectivity index (χ3n) is 5.19. The Kier molecular flexibility index (Phi) is 4.71. The summed E-state index contributed by atoms with van der Waals surface area (Å²) in [4.78, 5) is 3.57. The van der Waals surface area contributed by atoms with Crippen LogP contribution in [0.25, 0.3) is 22.7 Å². The SMILES string of the molecule is CCc1ccc(-c2c(CC)oc3c(-n4nc(C(F)(F)F)nc4C)c(C)nn23)c(C)c1. The van der Waals surface area contributed by atoms with E-state index in [9.17, 15) is 13.2 Å². The van der Waals surface area contributed by atoms with Gasteiger partial charge in [-0.1, -0.05) is 32.0 Å². The maximum atomic E-state index is 13.1. The molecule has 9 heteroatoms. The van der Waals surface area contributed by atoms with E-state index in [1.54, 1.807) is 11.4 Å². The van der Waals surface area contributed by atoms with Crippen molar-refractivity contribution in [3.63, 3.8) is 0 Å². The number of alkyl halides is 3. The summed E-state index contributed by atoms with van der Waals surface area (Å²) in [5.41, 5.74) is 5.29. The van der Waals surface area contributed by atoms with Gasteiger partial charge in [0.2, 0.25) is 5.71 Å². The number of hydrogen-bond acceptors (Lipinski definition) is 4. The summed E-state index contributed by atoms with van der Waals surface area (Å²) in [5.74, 6) is -0.369. The second-order valence-corrected chi connectivity index (χ2v) is 7.27. The Bertz CT molecular complexity index is 1250. The second kappa shape index (κ2) is 7.00. The highest BCUT2D eigenvalue weighted by atomic mass is 19.4. The minimum atomic E-state index is -4.63. The van der Waals surface area contributed by atoms with E-state index in [4.69, 9.17) is 4.42 Å². The molecule has 3 aromatic heterocycles. The molecule has 0 saturated carbocycles. The molecule has 30 heavy (non-hydrogen) atoms. The summed E-state index contributed by atoms with van der Waals surface area (Å²) in [5, 5.41) is 8.26. The van der Waals surface area contributed by atoms with Gasteiger partial charge >= 0.3 is 6.18 Å². The first-order chi connectivity index (χ1) is 14.2. The van der Waals surface area contributed by atoms with Crippen molar-refractivity contribution in [3.8, 4) is 16.9 Å². The number of oxazole rings is 1. The van der Waals surface area contributed by atoms with Gasteiger partial charge in [0.15, 0.2) is 5.69 Å². The van der Waals surface area contributed by atoms with Crippen molar-refractivity contribution in [1.82, 2.24) is 24.4 Å². The zero-order valence-electron chi connectivity index (χ0n) is 17.4. The zero-order valence-corrected chi connectivity index (χ0v) is 17.4. The normalized spacial score (nSPS) is 12.3. The molecule has 0 atom stereocenters. The molecule has 0 aliphatic heterocycles. The van der Waals surface area contributed by atoms with E-state index in [0.29, 0.717) is 29.3 Å². The number of nitrogens with zero attached hydrogens (tertiary/aromatic N) is 5. The average Bonchev–Trinajstić information content (AvgIpc) is 3.32. The molecular weight excluding hydrogens is 395 g/mol. The maximum absolute atomic E-state index is 13.1. The summed E-state index contributed by atoms with van der Waals surface area (Å²) in [7, 11) is 0. The fraction of sp³-hybridized carbons (Fsp3) is 0.381. The third-order valence-corrected chi connectivity index (χ3v) is 5.19. The molecule has 0 radical (unpaired) electrons. The fourth-order valence-corrected chi connectivity index (χ4v) is 3.71. The molecule has 6 nitrogen and oxygen atoms in total. The van der Waals surface area contributed by atoms with Crippen LogP contribution in [-0.2, 0) is 19.0 Å². The standard InChI is InChI=1S/C21H22F3N5O/c1-6-14-8-9-15(11(3)10-14)18-16(7-2)30-19-17(12(4)26-29(18)19)28-13(5)25-20(27-28)21(22,23)24/h8-10H,6-7H2,1-5H3. The van der Waals surface area contributed by atoms with Crippen LogP contribution in [0.2, 0.25) is 0 Å². The van der Waals surface area contributed by atoms with Crippen molar-refractivity contribution in [1.29, 1.82) is 0 Å². The monoisotopic (exact) mass is 417 g/mol. The molecular formula is C21H22F3N5O. The highest BCUT2D eigenvalue weighted by Crippen LogP contribution is 2.35. The van der Waals surface area contributed by atoms with Crippen LogP contribution in [0.4, 0.5) is 13.2 Å². The van der Waals surface area contributed by atoms with E-state index in [-0.39, 0.29) is 5.82 Å². The fourth-order valence-electron chi connectivity index (χ4n) is 3.71. The van der Waals surface area contributed by atoms with Crippen molar-refractivity contribution < 1.29 is 17.6 Å². The Morgan fingerprint density at radius 3 is 2.33 bits per heavy atom. The van der Waals surface area contributed by atoms with Crippen molar-refractivity contribution in [2.24, 2.45) is 0 Å². The topological polar surface area (TPSA) is 61.2 Å². The molecule has 0 bridgehead atoms. The number of rotatable bonds is 4. The van der Waals surface area contributed by atoms with Crippen LogP contribution >= 0.6 is 0 Å². The maximum Gasteiger partial charge on any atom is 0.453 e.